The predicted molar refractivity (Wildman–Crippen MR) is 77.1 cm³/mol. The first kappa shape index (κ1) is 15.4. The molecule has 0 aliphatic rings. The van der Waals surface area contributed by atoms with Crippen LogP contribution in [0.3, 0.4) is 0 Å². The normalized spacial score (nSPS) is 12.8. The van der Waals surface area contributed by atoms with E-state index in [1.807, 2.05) is 0 Å². The minimum Gasteiger partial charge on any atom is -0.383 e. The van der Waals surface area contributed by atoms with Crippen molar-refractivity contribution in [2.45, 2.75) is 32.4 Å². The summed E-state index contributed by atoms with van der Waals surface area (Å²) in [6, 6.07) is 0. The van der Waals surface area contributed by atoms with Gasteiger partial charge in [0.2, 0.25) is 0 Å². The van der Waals surface area contributed by atoms with Crippen LogP contribution in [0.5, 0.6) is 0 Å². The van der Waals surface area contributed by atoms with E-state index in [1.54, 1.807) is 11.8 Å². The first-order valence-corrected chi connectivity index (χ1v) is 7.53. The maximum atomic E-state index is 10.6. The SMILES string of the molecule is CCCc1nnsc1C(O)c1c(Cl)cnn1CCOC. The molecule has 2 aromatic heterocycles. The lowest BCUT2D eigenvalue weighted by molar-refractivity contribution is 0.172. The minimum atomic E-state index is -0.858. The second-order valence-corrected chi connectivity index (χ2v) is 5.52. The number of aryl methyl sites for hydroxylation is 1. The van der Waals surface area contributed by atoms with Crippen molar-refractivity contribution in [1.29, 1.82) is 0 Å². The number of hydrogen-bond acceptors (Lipinski definition) is 6. The number of ether oxygens (including phenoxy) is 1. The summed E-state index contributed by atoms with van der Waals surface area (Å²) in [5.41, 5.74) is 1.38. The summed E-state index contributed by atoms with van der Waals surface area (Å²) >= 11 is 7.34. The molecule has 2 rings (SSSR count). The van der Waals surface area contributed by atoms with E-state index in [0.717, 1.165) is 23.4 Å². The van der Waals surface area contributed by atoms with E-state index in [9.17, 15) is 5.11 Å². The molecule has 1 unspecified atom stereocenters. The Morgan fingerprint density at radius 1 is 1.55 bits per heavy atom. The van der Waals surface area contributed by atoms with Gasteiger partial charge < -0.3 is 9.84 Å². The molecule has 0 radical (unpaired) electrons. The average Bonchev–Trinajstić information content (AvgIpc) is 3.03. The van der Waals surface area contributed by atoms with Crippen LogP contribution in [0, 0.1) is 0 Å². The molecule has 0 fully saturated rings. The average molecular weight is 317 g/mol. The highest BCUT2D eigenvalue weighted by Gasteiger charge is 2.24. The number of aromatic nitrogens is 4. The molecule has 0 saturated carbocycles. The molecule has 8 heteroatoms. The van der Waals surface area contributed by atoms with E-state index in [4.69, 9.17) is 16.3 Å². The third-order valence-corrected chi connectivity index (χ3v) is 4.03. The summed E-state index contributed by atoms with van der Waals surface area (Å²) in [6.07, 6.45) is 2.40. The van der Waals surface area contributed by atoms with Gasteiger partial charge in [0, 0.05) is 7.11 Å². The second-order valence-electron chi connectivity index (χ2n) is 4.33. The van der Waals surface area contributed by atoms with Gasteiger partial charge in [-0.25, -0.2) is 0 Å². The number of aliphatic hydroxyl groups excluding tert-OH is 1. The van der Waals surface area contributed by atoms with E-state index in [2.05, 4.69) is 21.6 Å². The molecule has 20 heavy (non-hydrogen) atoms. The molecular formula is C12H17ClN4O2S. The standard InChI is InChI=1S/C12H17ClN4O2S/c1-3-4-9-12(20-16-15-9)11(18)10-8(13)7-14-17(10)5-6-19-2/h7,11,18H,3-6H2,1-2H3. The lowest BCUT2D eigenvalue weighted by atomic mass is 10.1. The van der Waals surface area contributed by atoms with Gasteiger partial charge in [0.1, 0.15) is 6.10 Å². The summed E-state index contributed by atoms with van der Waals surface area (Å²) in [7, 11) is 1.62. The van der Waals surface area contributed by atoms with Crippen LogP contribution in [0.4, 0.5) is 0 Å². The Morgan fingerprint density at radius 3 is 3.05 bits per heavy atom. The predicted octanol–water partition coefficient (Wildman–Crippen LogP) is 2.07. The van der Waals surface area contributed by atoms with Crippen molar-refractivity contribution >= 4 is 23.1 Å². The van der Waals surface area contributed by atoms with Gasteiger partial charge in [0.25, 0.3) is 0 Å². The number of halogens is 1. The topological polar surface area (TPSA) is 73.1 Å². The third kappa shape index (κ3) is 3.17. The van der Waals surface area contributed by atoms with E-state index in [-0.39, 0.29) is 0 Å². The first-order valence-electron chi connectivity index (χ1n) is 6.38. The number of rotatable bonds is 7. The van der Waals surface area contributed by atoms with Gasteiger partial charge in [-0.1, -0.05) is 29.4 Å². The molecule has 0 bridgehead atoms. The van der Waals surface area contributed by atoms with E-state index in [1.165, 1.54) is 17.7 Å². The Kier molecular flexibility index (Phi) is 5.47. The van der Waals surface area contributed by atoms with Gasteiger partial charge >= 0.3 is 0 Å². The molecule has 2 heterocycles. The van der Waals surface area contributed by atoms with Gasteiger partial charge in [0.15, 0.2) is 0 Å². The number of nitrogens with zero attached hydrogens (tertiary/aromatic N) is 4. The van der Waals surface area contributed by atoms with Crippen LogP contribution in [0.1, 0.15) is 35.7 Å². The highest BCUT2D eigenvalue weighted by Crippen LogP contribution is 2.31. The van der Waals surface area contributed by atoms with Gasteiger partial charge in [0.05, 0.1) is 40.6 Å². The van der Waals surface area contributed by atoms with Gasteiger partial charge in [-0.3, -0.25) is 4.68 Å². The van der Waals surface area contributed by atoms with E-state index in [0.29, 0.717) is 23.9 Å². The first-order chi connectivity index (χ1) is 9.69. The number of hydrogen-bond donors (Lipinski definition) is 1. The highest BCUT2D eigenvalue weighted by atomic mass is 35.5. The zero-order valence-electron chi connectivity index (χ0n) is 11.4. The van der Waals surface area contributed by atoms with Crippen molar-refractivity contribution in [3.05, 3.63) is 27.5 Å². The molecule has 0 aliphatic heterocycles. The number of aliphatic hydroxyl groups is 1. The molecule has 6 nitrogen and oxygen atoms in total. The van der Waals surface area contributed by atoms with Crippen LogP contribution in [0.15, 0.2) is 6.20 Å². The monoisotopic (exact) mass is 316 g/mol. The Balaban J connectivity index is 2.30. The Morgan fingerprint density at radius 2 is 2.35 bits per heavy atom. The Labute approximate surface area is 126 Å². The van der Waals surface area contributed by atoms with Crippen LogP contribution in [0.25, 0.3) is 0 Å². The van der Waals surface area contributed by atoms with Crippen molar-refractivity contribution in [3.63, 3.8) is 0 Å². The Hall–Kier alpha value is -1.02. The van der Waals surface area contributed by atoms with Gasteiger partial charge in [-0.2, -0.15) is 5.10 Å². The second kappa shape index (κ2) is 7.12. The highest BCUT2D eigenvalue weighted by molar-refractivity contribution is 7.05. The summed E-state index contributed by atoms with van der Waals surface area (Å²) in [4.78, 5) is 0.730. The quantitative estimate of drug-likeness (QED) is 0.846. The molecule has 110 valence electrons. The summed E-state index contributed by atoms with van der Waals surface area (Å²) in [6.45, 7) is 3.09. The van der Waals surface area contributed by atoms with Crippen LogP contribution in [0.2, 0.25) is 5.02 Å². The van der Waals surface area contributed by atoms with Crippen molar-refractivity contribution in [1.82, 2.24) is 19.4 Å². The van der Waals surface area contributed by atoms with Crippen LogP contribution < -0.4 is 0 Å². The molecule has 0 saturated heterocycles. The van der Waals surface area contributed by atoms with Crippen LogP contribution in [-0.2, 0) is 17.7 Å². The molecule has 1 atom stereocenters. The smallest absolute Gasteiger partial charge is 0.135 e. The molecule has 0 aliphatic carbocycles. The molecular weight excluding hydrogens is 300 g/mol. The fourth-order valence-corrected chi connectivity index (χ4v) is 2.89. The molecule has 0 spiro atoms. The molecule has 2 aromatic rings. The van der Waals surface area contributed by atoms with Crippen LogP contribution in [-0.4, -0.2) is 38.2 Å². The summed E-state index contributed by atoms with van der Waals surface area (Å²) in [5, 5.41) is 19.3. The van der Waals surface area contributed by atoms with E-state index >= 15 is 0 Å². The maximum absolute atomic E-state index is 10.6. The zero-order chi connectivity index (χ0) is 14.5. The minimum absolute atomic E-state index is 0.435. The molecule has 1 N–H and O–H groups in total. The summed E-state index contributed by atoms with van der Waals surface area (Å²) in [5.74, 6) is 0. The maximum Gasteiger partial charge on any atom is 0.135 e. The Bertz CT molecular complexity index is 557. The summed E-state index contributed by atoms with van der Waals surface area (Å²) < 4.78 is 10.6. The van der Waals surface area contributed by atoms with Gasteiger partial charge in [-0.15, -0.1) is 5.10 Å². The lowest BCUT2D eigenvalue weighted by Crippen LogP contribution is -2.14. The number of methoxy groups -OCH3 is 1. The third-order valence-electron chi connectivity index (χ3n) is 2.92. The van der Waals surface area contributed by atoms with Crippen molar-refractivity contribution in [2.24, 2.45) is 0 Å². The van der Waals surface area contributed by atoms with E-state index < -0.39 is 6.10 Å². The largest absolute Gasteiger partial charge is 0.383 e. The fourth-order valence-electron chi connectivity index (χ4n) is 1.96. The lowest BCUT2D eigenvalue weighted by Gasteiger charge is -2.13. The van der Waals surface area contributed by atoms with Crippen LogP contribution >= 0.6 is 23.1 Å². The molecule has 0 aromatic carbocycles. The van der Waals surface area contributed by atoms with Crippen molar-refractivity contribution in [2.75, 3.05) is 13.7 Å². The zero-order valence-corrected chi connectivity index (χ0v) is 13.0. The van der Waals surface area contributed by atoms with Gasteiger partial charge in [-0.05, 0) is 18.0 Å². The fraction of sp³-hybridized carbons (Fsp3) is 0.583. The molecule has 0 amide bonds. The van der Waals surface area contributed by atoms with Crippen molar-refractivity contribution < 1.29 is 9.84 Å². The van der Waals surface area contributed by atoms with Crippen molar-refractivity contribution in [3.8, 4) is 0 Å².